The van der Waals surface area contributed by atoms with E-state index < -0.39 is 6.04 Å². The molecule has 1 aromatic carbocycles. The van der Waals surface area contributed by atoms with Crippen LogP contribution in [0.2, 0.25) is 0 Å². The number of pyridine rings is 1. The quantitative estimate of drug-likeness (QED) is 0.663. The number of hydrogen-bond acceptors (Lipinski definition) is 5. The first-order valence-corrected chi connectivity index (χ1v) is 11.6. The second-order valence-electron chi connectivity index (χ2n) is 8.84. The van der Waals surface area contributed by atoms with Crippen molar-refractivity contribution in [1.29, 1.82) is 0 Å². The van der Waals surface area contributed by atoms with E-state index >= 15 is 0 Å². The number of nitrogens with two attached hydrogens (primary N) is 1. The topological polar surface area (TPSA) is 91.6 Å². The van der Waals surface area contributed by atoms with Crippen LogP contribution in [0.3, 0.4) is 0 Å². The van der Waals surface area contributed by atoms with Crippen LogP contribution in [0.1, 0.15) is 47.2 Å². The van der Waals surface area contributed by atoms with Gasteiger partial charge in [-0.3, -0.25) is 19.5 Å². The van der Waals surface area contributed by atoms with Gasteiger partial charge < -0.3 is 16.0 Å². The lowest BCUT2D eigenvalue weighted by Gasteiger charge is -2.43. The molecule has 1 aliphatic carbocycles. The van der Waals surface area contributed by atoms with Crippen molar-refractivity contribution in [2.45, 2.75) is 57.3 Å². The van der Waals surface area contributed by atoms with E-state index in [1.165, 1.54) is 24.0 Å². The zero-order valence-corrected chi connectivity index (χ0v) is 18.7. The van der Waals surface area contributed by atoms with E-state index in [-0.39, 0.29) is 17.9 Å². The molecular weight excluding hydrogens is 402 g/mol. The summed E-state index contributed by atoms with van der Waals surface area (Å²) in [5, 5.41) is 2.91. The number of benzene rings is 1. The van der Waals surface area contributed by atoms with Crippen LogP contribution in [-0.2, 0) is 11.3 Å². The average molecular weight is 436 g/mol. The van der Waals surface area contributed by atoms with Crippen LogP contribution in [-0.4, -0.2) is 64.4 Å². The molecule has 7 heteroatoms. The van der Waals surface area contributed by atoms with Gasteiger partial charge in [-0.25, -0.2) is 0 Å². The Morgan fingerprint density at radius 3 is 2.66 bits per heavy atom. The van der Waals surface area contributed by atoms with Crippen molar-refractivity contribution < 1.29 is 9.59 Å². The number of amides is 2. The Kier molecular flexibility index (Phi) is 7.17. The fraction of sp³-hybridized carbons (Fsp3) is 0.480. The lowest BCUT2D eigenvalue weighted by molar-refractivity contribution is -0.127. The van der Waals surface area contributed by atoms with Crippen molar-refractivity contribution in [1.82, 2.24) is 20.1 Å². The fourth-order valence-corrected chi connectivity index (χ4v) is 4.65. The van der Waals surface area contributed by atoms with Crippen LogP contribution < -0.4 is 11.1 Å². The third-order valence-corrected chi connectivity index (χ3v) is 6.59. The standard InChI is InChI=1S/C25H33N5O2/c1-18-5-2-3-6-20(18)17-30(21-8-9-21)22-10-14-29(23(15-22)24(31)28-13-11-26)25(32)19-7-4-12-27-16-19/h2-7,12,16,21-23H,8-11,13-15,17,26H2,1H3,(H,28,31)/t22?,23-/m1/s1. The normalized spacial score (nSPS) is 20.9. The lowest BCUT2D eigenvalue weighted by Crippen LogP contribution is -2.58. The second kappa shape index (κ2) is 10.2. The Hall–Kier alpha value is -2.77. The Morgan fingerprint density at radius 2 is 1.97 bits per heavy atom. The molecule has 3 N–H and O–H groups in total. The molecule has 170 valence electrons. The van der Waals surface area contributed by atoms with Gasteiger partial charge in [0, 0.05) is 50.7 Å². The van der Waals surface area contributed by atoms with E-state index in [4.69, 9.17) is 5.73 Å². The predicted octanol–water partition coefficient (Wildman–Crippen LogP) is 2.10. The number of nitrogens with zero attached hydrogens (tertiary/aromatic N) is 3. The second-order valence-corrected chi connectivity index (χ2v) is 8.84. The molecule has 0 radical (unpaired) electrons. The first kappa shape index (κ1) is 22.4. The maximum atomic E-state index is 13.2. The molecule has 32 heavy (non-hydrogen) atoms. The van der Waals surface area contributed by atoms with E-state index in [0.29, 0.717) is 37.7 Å². The number of hydrogen-bond donors (Lipinski definition) is 2. The number of piperidine rings is 1. The first-order valence-electron chi connectivity index (χ1n) is 11.6. The number of likely N-dealkylation sites (tertiary alicyclic amines) is 1. The third kappa shape index (κ3) is 5.16. The monoisotopic (exact) mass is 435 g/mol. The summed E-state index contributed by atoms with van der Waals surface area (Å²) in [7, 11) is 0. The Morgan fingerprint density at radius 1 is 1.16 bits per heavy atom. The van der Waals surface area contributed by atoms with Crippen LogP contribution >= 0.6 is 0 Å². The van der Waals surface area contributed by atoms with Gasteiger partial charge in [0.25, 0.3) is 5.91 Å². The zero-order chi connectivity index (χ0) is 22.5. The first-order chi connectivity index (χ1) is 15.6. The number of nitrogens with one attached hydrogen (secondary N) is 1. The van der Waals surface area contributed by atoms with Crippen molar-refractivity contribution in [3.05, 3.63) is 65.5 Å². The number of aromatic nitrogens is 1. The highest BCUT2D eigenvalue weighted by Gasteiger charge is 2.42. The number of rotatable bonds is 8. The van der Waals surface area contributed by atoms with E-state index in [1.807, 2.05) is 0 Å². The Balaban J connectivity index is 1.54. The lowest BCUT2D eigenvalue weighted by atomic mass is 9.93. The van der Waals surface area contributed by atoms with Gasteiger partial charge in [-0.1, -0.05) is 24.3 Å². The summed E-state index contributed by atoms with van der Waals surface area (Å²) in [6.45, 7) is 4.37. The van der Waals surface area contributed by atoms with E-state index in [2.05, 4.69) is 46.4 Å². The van der Waals surface area contributed by atoms with Gasteiger partial charge in [0.1, 0.15) is 6.04 Å². The third-order valence-electron chi connectivity index (χ3n) is 6.59. The van der Waals surface area contributed by atoms with Crippen molar-refractivity contribution in [3.63, 3.8) is 0 Å². The van der Waals surface area contributed by atoms with Crippen molar-refractivity contribution in [3.8, 4) is 0 Å². The van der Waals surface area contributed by atoms with Gasteiger partial charge in [-0.15, -0.1) is 0 Å². The predicted molar refractivity (Wildman–Crippen MR) is 124 cm³/mol. The molecule has 2 fully saturated rings. The average Bonchev–Trinajstić information content (AvgIpc) is 3.67. The molecule has 1 saturated carbocycles. The van der Waals surface area contributed by atoms with Crippen molar-refractivity contribution in [2.75, 3.05) is 19.6 Å². The molecule has 0 bridgehead atoms. The van der Waals surface area contributed by atoms with Crippen molar-refractivity contribution >= 4 is 11.8 Å². The molecular formula is C25H33N5O2. The SMILES string of the molecule is Cc1ccccc1CN(C1CC1)C1CCN(C(=O)c2cccnc2)[C@@H](C(=O)NCCN)C1. The minimum Gasteiger partial charge on any atom is -0.353 e. The smallest absolute Gasteiger partial charge is 0.256 e. The van der Waals surface area contributed by atoms with Gasteiger partial charge in [-0.2, -0.15) is 0 Å². The Labute approximate surface area is 190 Å². The van der Waals surface area contributed by atoms with E-state index in [1.54, 1.807) is 29.4 Å². The molecule has 2 aromatic rings. The fourth-order valence-electron chi connectivity index (χ4n) is 4.65. The summed E-state index contributed by atoms with van der Waals surface area (Å²) < 4.78 is 0. The van der Waals surface area contributed by atoms with Gasteiger partial charge >= 0.3 is 0 Å². The molecule has 1 saturated heterocycles. The van der Waals surface area contributed by atoms with Crippen LogP contribution in [0, 0.1) is 6.92 Å². The molecule has 2 heterocycles. The Bertz CT molecular complexity index is 931. The van der Waals surface area contributed by atoms with E-state index in [0.717, 1.165) is 13.0 Å². The molecule has 7 nitrogen and oxygen atoms in total. The zero-order valence-electron chi connectivity index (χ0n) is 18.7. The molecule has 2 atom stereocenters. The number of aryl methyl sites for hydroxylation is 1. The molecule has 1 aliphatic heterocycles. The van der Waals surface area contributed by atoms with Crippen molar-refractivity contribution in [2.24, 2.45) is 5.73 Å². The highest BCUT2D eigenvalue weighted by molar-refractivity contribution is 5.97. The minimum atomic E-state index is -0.508. The molecule has 1 unspecified atom stereocenters. The van der Waals surface area contributed by atoms with E-state index in [9.17, 15) is 9.59 Å². The summed E-state index contributed by atoms with van der Waals surface area (Å²) in [4.78, 5) is 34.7. The number of carbonyl (C=O) groups is 2. The highest BCUT2D eigenvalue weighted by atomic mass is 16.2. The molecule has 0 spiro atoms. The minimum absolute atomic E-state index is 0.121. The van der Waals surface area contributed by atoms with Gasteiger partial charge in [0.05, 0.1) is 5.56 Å². The molecule has 1 aromatic heterocycles. The summed E-state index contributed by atoms with van der Waals surface area (Å²) in [5.41, 5.74) is 8.74. The summed E-state index contributed by atoms with van der Waals surface area (Å²) in [6.07, 6.45) is 7.10. The highest BCUT2D eigenvalue weighted by Crippen LogP contribution is 2.35. The molecule has 2 aliphatic rings. The summed E-state index contributed by atoms with van der Waals surface area (Å²) in [5.74, 6) is -0.259. The maximum absolute atomic E-state index is 13.2. The van der Waals surface area contributed by atoms with Gasteiger partial charge in [-0.05, 0) is 55.9 Å². The van der Waals surface area contributed by atoms with Crippen LogP contribution in [0.5, 0.6) is 0 Å². The number of carbonyl (C=O) groups excluding carboxylic acids is 2. The van der Waals surface area contributed by atoms with Crippen LogP contribution in [0.4, 0.5) is 0 Å². The van der Waals surface area contributed by atoms with Crippen LogP contribution in [0.15, 0.2) is 48.8 Å². The largest absolute Gasteiger partial charge is 0.353 e. The van der Waals surface area contributed by atoms with Gasteiger partial charge in [0.2, 0.25) is 5.91 Å². The molecule has 4 rings (SSSR count). The summed E-state index contributed by atoms with van der Waals surface area (Å²) in [6, 6.07) is 12.3. The van der Waals surface area contributed by atoms with Crippen LogP contribution in [0.25, 0.3) is 0 Å². The summed E-state index contributed by atoms with van der Waals surface area (Å²) >= 11 is 0. The molecule has 2 amide bonds. The van der Waals surface area contributed by atoms with Gasteiger partial charge in [0.15, 0.2) is 0 Å². The maximum Gasteiger partial charge on any atom is 0.256 e.